The lowest BCUT2D eigenvalue weighted by molar-refractivity contribution is -0.140. The quantitative estimate of drug-likeness (QED) is 0.350. The average Bonchev–Trinajstić information content (AvgIpc) is 2.89. The third kappa shape index (κ3) is 8.73. The van der Waals surface area contributed by atoms with Crippen molar-refractivity contribution in [2.24, 2.45) is 0 Å². The predicted octanol–water partition coefficient (Wildman–Crippen LogP) is 4.28. The topological polar surface area (TPSA) is 96.0 Å². The number of halogens is 1. The van der Waals surface area contributed by atoms with Crippen LogP contribution in [0.2, 0.25) is 5.02 Å². The van der Waals surface area contributed by atoms with E-state index in [1.807, 2.05) is 44.2 Å². The molecule has 0 aromatic heterocycles. The summed E-state index contributed by atoms with van der Waals surface area (Å²) < 4.78 is 32.0. The molecular weight excluding hydrogens is 538 g/mol. The van der Waals surface area contributed by atoms with Gasteiger partial charge in [0, 0.05) is 30.1 Å². The van der Waals surface area contributed by atoms with Crippen LogP contribution in [0.4, 0.5) is 5.69 Å². The smallest absolute Gasteiger partial charge is 0.244 e. The van der Waals surface area contributed by atoms with Crippen molar-refractivity contribution in [2.75, 3.05) is 24.2 Å². The van der Waals surface area contributed by atoms with Crippen LogP contribution in [0.15, 0.2) is 78.9 Å². The molecule has 10 heteroatoms. The van der Waals surface area contributed by atoms with Gasteiger partial charge in [0.25, 0.3) is 0 Å². The van der Waals surface area contributed by atoms with Gasteiger partial charge in [-0.2, -0.15) is 0 Å². The number of rotatable bonds is 12. The van der Waals surface area contributed by atoms with E-state index in [9.17, 15) is 18.0 Å². The molecule has 0 aliphatic heterocycles. The van der Waals surface area contributed by atoms with Crippen LogP contribution in [0.5, 0.6) is 5.75 Å². The molecular formula is C29H34ClN3O5S. The SMILES string of the molecule is COc1cccc(N(CC(=O)N(Cc2ccc(Cl)cc2)[C@@H](Cc2ccccc2)C(=O)NC(C)C)S(C)(=O)=O)c1. The summed E-state index contributed by atoms with van der Waals surface area (Å²) in [4.78, 5) is 29.0. The van der Waals surface area contributed by atoms with E-state index in [0.29, 0.717) is 10.8 Å². The maximum atomic E-state index is 14.0. The molecule has 3 aromatic carbocycles. The molecule has 8 nitrogen and oxygen atoms in total. The first kappa shape index (κ1) is 30.0. The number of amides is 2. The summed E-state index contributed by atoms with van der Waals surface area (Å²) in [5, 5.41) is 3.46. The van der Waals surface area contributed by atoms with Gasteiger partial charge in [0.05, 0.1) is 19.1 Å². The van der Waals surface area contributed by atoms with Crippen molar-refractivity contribution in [3.05, 3.63) is 95.0 Å². The van der Waals surface area contributed by atoms with Gasteiger partial charge < -0.3 is 15.0 Å². The molecule has 39 heavy (non-hydrogen) atoms. The first-order valence-electron chi connectivity index (χ1n) is 12.5. The number of hydrogen-bond acceptors (Lipinski definition) is 5. The standard InChI is InChI=1S/C29H34ClN3O5S/c1-21(2)31-29(35)27(17-22-9-6-5-7-10-22)32(19-23-13-15-24(30)16-14-23)28(34)20-33(39(4,36)37)25-11-8-12-26(18-25)38-3/h5-16,18,21,27H,17,19-20H2,1-4H3,(H,31,35)/t27-/m0/s1. The molecule has 0 aliphatic rings. The Morgan fingerprint density at radius 1 is 0.949 bits per heavy atom. The van der Waals surface area contributed by atoms with Crippen molar-refractivity contribution in [1.82, 2.24) is 10.2 Å². The minimum atomic E-state index is -3.86. The highest BCUT2D eigenvalue weighted by Crippen LogP contribution is 2.24. The zero-order valence-electron chi connectivity index (χ0n) is 22.5. The van der Waals surface area contributed by atoms with Crippen LogP contribution in [0.3, 0.4) is 0 Å². The van der Waals surface area contributed by atoms with Crippen LogP contribution in [-0.2, 0) is 32.6 Å². The Bertz CT molecular complexity index is 1370. The van der Waals surface area contributed by atoms with Crippen LogP contribution in [-0.4, -0.2) is 57.1 Å². The predicted molar refractivity (Wildman–Crippen MR) is 154 cm³/mol. The van der Waals surface area contributed by atoms with Crippen molar-refractivity contribution in [1.29, 1.82) is 0 Å². The Balaban J connectivity index is 2.05. The Kier molecular flexibility index (Phi) is 10.4. The number of anilines is 1. The normalized spacial score (nSPS) is 12.1. The highest BCUT2D eigenvalue weighted by atomic mass is 35.5. The molecule has 0 fully saturated rings. The Morgan fingerprint density at radius 2 is 1.62 bits per heavy atom. The van der Waals surface area contributed by atoms with Gasteiger partial charge in [0.2, 0.25) is 21.8 Å². The summed E-state index contributed by atoms with van der Waals surface area (Å²) in [7, 11) is -2.38. The lowest BCUT2D eigenvalue weighted by Crippen LogP contribution is -2.54. The lowest BCUT2D eigenvalue weighted by atomic mass is 10.0. The molecule has 3 rings (SSSR count). The fourth-order valence-corrected chi connectivity index (χ4v) is 5.07. The number of ether oxygens (including phenoxy) is 1. The number of carbonyl (C=O) groups excluding carboxylic acids is 2. The first-order valence-corrected chi connectivity index (χ1v) is 14.7. The number of nitrogens with one attached hydrogen (secondary N) is 1. The lowest BCUT2D eigenvalue weighted by Gasteiger charge is -2.34. The Morgan fingerprint density at radius 3 is 2.21 bits per heavy atom. The zero-order chi connectivity index (χ0) is 28.6. The molecule has 3 aromatic rings. The summed E-state index contributed by atoms with van der Waals surface area (Å²) in [6.07, 6.45) is 1.28. The van der Waals surface area contributed by atoms with E-state index in [4.69, 9.17) is 16.3 Å². The van der Waals surface area contributed by atoms with Crippen LogP contribution in [0, 0.1) is 0 Å². The third-order valence-electron chi connectivity index (χ3n) is 5.99. The molecule has 208 valence electrons. The Labute approximate surface area is 235 Å². The van der Waals surface area contributed by atoms with Gasteiger partial charge in [-0.05, 0) is 49.2 Å². The van der Waals surface area contributed by atoms with Crippen LogP contribution in [0.1, 0.15) is 25.0 Å². The van der Waals surface area contributed by atoms with Crippen molar-refractivity contribution < 1.29 is 22.7 Å². The van der Waals surface area contributed by atoms with E-state index in [2.05, 4.69) is 5.32 Å². The summed E-state index contributed by atoms with van der Waals surface area (Å²) in [5.41, 5.74) is 1.89. The van der Waals surface area contributed by atoms with E-state index >= 15 is 0 Å². The number of sulfonamides is 1. The molecule has 0 spiro atoms. The maximum absolute atomic E-state index is 14.0. The summed E-state index contributed by atoms with van der Waals surface area (Å²) in [5.74, 6) is -0.411. The molecule has 1 N–H and O–H groups in total. The molecule has 0 radical (unpaired) electrons. The minimum absolute atomic E-state index is 0.0781. The molecule has 0 saturated heterocycles. The second kappa shape index (κ2) is 13.5. The number of methoxy groups -OCH3 is 1. The van der Waals surface area contributed by atoms with Gasteiger partial charge >= 0.3 is 0 Å². The van der Waals surface area contributed by atoms with Crippen molar-refractivity contribution >= 4 is 39.1 Å². The monoisotopic (exact) mass is 571 g/mol. The Hall–Kier alpha value is -3.56. The van der Waals surface area contributed by atoms with E-state index in [1.165, 1.54) is 12.0 Å². The fraction of sp³-hybridized carbons (Fsp3) is 0.310. The summed E-state index contributed by atoms with van der Waals surface area (Å²) in [6.45, 7) is 3.27. The van der Waals surface area contributed by atoms with E-state index < -0.39 is 28.5 Å². The van der Waals surface area contributed by atoms with E-state index in [0.717, 1.165) is 21.7 Å². The van der Waals surface area contributed by atoms with Gasteiger partial charge in [-0.1, -0.05) is 60.1 Å². The molecule has 0 saturated carbocycles. The highest BCUT2D eigenvalue weighted by Gasteiger charge is 2.33. The summed E-state index contributed by atoms with van der Waals surface area (Å²) >= 11 is 6.07. The fourth-order valence-electron chi connectivity index (χ4n) is 4.10. The minimum Gasteiger partial charge on any atom is -0.497 e. The van der Waals surface area contributed by atoms with Gasteiger partial charge in [-0.3, -0.25) is 13.9 Å². The second-order valence-corrected chi connectivity index (χ2v) is 11.8. The molecule has 1 atom stereocenters. The molecule has 0 unspecified atom stereocenters. The van der Waals surface area contributed by atoms with Gasteiger partial charge in [0.1, 0.15) is 18.3 Å². The zero-order valence-corrected chi connectivity index (χ0v) is 24.1. The van der Waals surface area contributed by atoms with Crippen molar-refractivity contribution in [3.63, 3.8) is 0 Å². The maximum Gasteiger partial charge on any atom is 0.244 e. The first-order chi connectivity index (χ1) is 18.5. The van der Waals surface area contributed by atoms with Gasteiger partial charge in [0.15, 0.2) is 0 Å². The van der Waals surface area contributed by atoms with Crippen LogP contribution >= 0.6 is 11.6 Å². The number of hydrogen-bond donors (Lipinski definition) is 1. The van der Waals surface area contributed by atoms with E-state index in [-0.39, 0.29) is 30.6 Å². The molecule has 2 amide bonds. The van der Waals surface area contributed by atoms with Gasteiger partial charge in [-0.25, -0.2) is 8.42 Å². The third-order valence-corrected chi connectivity index (χ3v) is 7.38. The van der Waals surface area contributed by atoms with Crippen LogP contribution in [0.25, 0.3) is 0 Å². The number of carbonyl (C=O) groups is 2. The van der Waals surface area contributed by atoms with Crippen molar-refractivity contribution in [3.8, 4) is 5.75 Å². The van der Waals surface area contributed by atoms with Crippen molar-refractivity contribution in [2.45, 2.75) is 38.9 Å². The molecule has 0 aliphatic carbocycles. The van der Waals surface area contributed by atoms with Gasteiger partial charge in [-0.15, -0.1) is 0 Å². The summed E-state index contributed by atoms with van der Waals surface area (Å²) in [6, 6.07) is 21.8. The molecule has 0 heterocycles. The van der Waals surface area contributed by atoms with Crippen LogP contribution < -0.4 is 14.4 Å². The average molecular weight is 572 g/mol. The second-order valence-electron chi connectivity index (χ2n) is 9.49. The number of benzene rings is 3. The van der Waals surface area contributed by atoms with E-state index in [1.54, 1.807) is 48.5 Å². The number of nitrogens with zero attached hydrogens (tertiary/aromatic N) is 2. The molecule has 0 bridgehead atoms. The largest absolute Gasteiger partial charge is 0.497 e. The highest BCUT2D eigenvalue weighted by molar-refractivity contribution is 7.92.